The molecule has 0 saturated heterocycles. The number of aromatic nitrogens is 2. The third-order valence-corrected chi connectivity index (χ3v) is 5.86. The van der Waals surface area contributed by atoms with Crippen molar-refractivity contribution in [2.24, 2.45) is 0 Å². The van der Waals surface area contributed by atoms with Crippen molar-refractivity contribution in [1.82, 2.24) is 14.9 Å². The van der Waals surface area contributed by atoms with Crippen molar-refractivity contribution in [2.75, 3.05) is 37.5 Å². The van der Waals surface area contributed by atoms with E-state index in [-0.39, 0.29) is 6.61 Å². The zero-order valence-electron chi connectivity index (χ0n) is 19.1. The summed E-state index contributed by atoms with van der Waals surface area (Å²) in [5, 5.41) is 13.3. The van der Waals surface area contributed by atoms with Crippen LogP contribution in [0, 0.1) is 0 Å². The maximum absolute atomic E-state index is 9.95. The molecule has 3 aromatic rings. The molecule has 0 radical (unpaired) electrons. The number of ether oxygens (including phenoxy) is 1. The normalized spacial score (nSPS) is 18.5. The van der Waals surface area contributed by atoms with Gasteiger partial charge >= 0.3 is 0 Å². The molecule has 0 spiro atoms. The first-order valence-corrected chi connectivity index (χ1v) is 10.9. The Morgan fingerprint density at radius 1 is 1.09 bits per heavy atom. The lowest BCUT2D eigenvalue weighted by Gasteiger charge is -2.25. The molecule has 4 rings (SSSR count). The van der Waals surface area contributed by atoms with Gasteiger partial charge in [-0.2, -0.15) is 0 Å². The van der Waals surface area contributed by atoms with Crippen LogP contribution in [0.3, 0.4) is 0 Å². The number of anilines is 4. The fraction of sp³-hybridized carbons (Fsp3) is 0.360. The molecule has 1 aliphatic heterocycles. The molecule has 1 aromatic heterocycles. The topological polar surface area (TPSA) is 73.8 Å². The van der Waals surface area contributed by atoms with E-state index in [1.54, 1.807) is 6.33 Å². The fourth-order valence-corrected chi connectivity index (χ4v) is 4.12. The van der Waals surface area contributed by atoms with Crippen LogP contribution in [0.5, 0.6) is 5.75 Å². The van der Waals surface area contributed by atoms with Gasteiger partial charge in [0, 0.05) is 35.9 Å². The molecule has 3 unspecified atom stereocenters. The zero-order valence-corrected chi connectivity index (χ0v) is 19.1. The van der Waals surface area contributed by atoms with Crippen LogP contribution < -0.4 is 15.0 Å². The van der Waals surface area contributed by atoms with E-state index in [9.17, 15) is 5.11 Å². The lowest BCUT2D eigenvalue weighted by molar-refractivity contribution is 0.0831. The maximum Gasteiger partial charge on any atom is 0.138 e. The van der Waals surface area contributed by atoms with Crippen molar-refractivity contribution in [3.8, 4) is 5.75 Å². The molecule has 7 nitrogen and oxygen atoms in total. The molecule has 3 atom stereocenters. The zero-order chi connectivity index (χ0) is 22.7. The lowest BCUT2D eigenvalue weighted by atomic mass is 9.98. The molecule has 2 N–H and O–H groups in total. The molecule has 32 heavy (non-hydrogen) atoms. The SMILES string of the molecule is CC1c2ccccc2N(c2cc(Nc3ccc(OCC(O)CN(C)C)cc3)ncn2)C1C. The number of aliphatic hydroxyl groups is 1. The van der Waals surface area contributed by atoms with Crippen LogP contribution in [0.4, 0.5) is 23.0 Å². The van der Waals surface area contributed by atoms with E-state index in [0.29, 0.717) is 24.3 Å². The van der Waals surface area contributed by atoms with Crippen LogP contribution in [-0.4, -0.2) is 59.4 Å². The highest BCUT2D eigenvalue weighted by Gasteiger charge is 2.34. The van der Waals surface area contributed by atoms with E-state index in [1.807, 2.05) is 49.3 Å². The van der Waals surface area contributed by atoms with E-state index in [1.165, 1.54) is 11.3 Å². The summed E-state index contributed by atoms with van der Waals surface area (Å²) >= 11 is 0. The molecule has 1 aliphatic rings. The van der Waals surface area contributed by atoms with Crippen LogP contribution in [0.25, 0.3) is 0 Å². The molecule has 0 amide bonds. The van der Waals surface area contributed by atoms with Gasteiger partial charge in [0.1, 0.15) is 36.4 Å². The molecule has 2 heterocycles. The number of rotatable bonds is 8. The minimum atomic E-state index is -0.525. The average molecular weight is 434 g/mol. The summed E-state index contributed by atoms with van der Waals surface area (Å²) in [5.74, 6) is 2.76. The largest absolute Gasteiger partial charge is 0.491 e. The Labute approximate surface area is 189 Å². The Morgan fingerprint density at radius 2 is 1.84 bits per heavy atom. The van der Waals surface area contributed by atoms with Gasteiger partial charge in [-0.1, -0.05) is 25.1 Å². The Balaban J connectivity index is 1.44. The predicted octanol–water partition coefficient (Wildman–Crippen LogP) is 4.17. The molecular formula is C25H31N5O2. The lowest BCUT2D eigenvalue weighted by Crippen LogP contribution is -2.30. The fourth-order valence-electron chi connectivity index (χ4n) is 4.12. The second-order valence-electron chi connectivity index (χ2n) is 8.60. The van der Waals surface area contributed by atoms with Crippen molar-refractivity contribution >= 4 is 23.0 Å². The van der Waals surface area contributed by atoms with Gasteiger partial charge < -0.3 is 25.0 Å². The van der Waals surface area contributed by atoms with Gasteiger partial charge in [0.25, 0.3) is 0 Å². The molecule has 0 fully saturated rings. The Bertz CT molecular complexity index is 1040. The number of likely N-dealkylation sites (N-methyl/N-ethyl adjacent to an activating group) is 1. The van der Waals surface area contributed by atoms with Crippen LogP contribution in [0.1, 0.15) is 25.3 Å². The first-order chi connectivity index (χ1) is 15.4. The first kappa shape index (κ1) is 22.0. The Morgan fingerprint density at radius 3 is 2.59 bits per heavy atom. The van der Waals surface area contributed by atoms with Crippen molar-refractivity contribution < 1.29 is 9.84 Å². The van der Waals surface area contributed by atoms with Gasteiger partial charge in [0.2, 0.25) is 0 Å². The number of hydrogen-bond acceptors (Lipinski definition) is 7. The minimum Gasteiger partial charge on any atom is -0.491 e. The van der Waals surface area contributed by atoms with Crippen molar-refractivity contribution in [3.63, 3.8) is 0 Å². The van der Waals surface area contributed by atoms with E-state index >= 15 is 0 Å². The quantitative estimate of drug-likeness (QED) is 0.552. The van der Waals surface area contributed by atoms with E-state index in [0.717, 1.165) is 17.3 Å². The number of benzene rings is 2. The summed E-state index contributed by atoms with van der Waals surface area (Å²) in [4.78, 5) is 13.2. The molecule has 2 aromatic carbocycles. The predicted molar refractivity (Wildman–Crippen MR) is 128 cm³/mol. The number of nitrogens with zero attached hydrogens (tertiary/aromatic N) is 4. The molecule has 0 aliphatic carbocycles. The number of nitrogens with one attached hydrogen (secondary N) is 1. The molecular weight excluding hydrogens is 402 g/mol. The molecule has 168 valence electrons. The van der Waals surface area contributed by atoms with Crippen LogP contribution in [-0.2, 0) is 0 Å². The van der Waals surface area contributed by atoms with Gasteiger partial charge in [-0.25, -0.2) is 9.97 Å². The summed E-state index contributed by atoms with van der Waals surface area (Å²) in [5.41, 5.74) is 3.45. The maximum atomic E-state index is 9.95. The summed E-state index contributed by atoms with van der Waals surface area (Å²) in [6.45, 7) is 5.31. The summed E-state index contributed by atoms with van der Waals surface area (Å²) in [6, 6.07) is 18.4. The number of aliphatic hydroxyl groups excluding tert-OH is 1. The average Bonchev–Trinajstić information content (AvgIpc) is 3.03. The van der Waals surface area contributed by atoms with E-state index < -0.39 is 6.10 Å². The summed E-state index contributed by atoms with van der Waals surface area (Å²) in [7, 11) is 3.85. The first-order valence-electron chi connectivity index (χ1n) is 10.9. The summed E-state index contributed by atoms with van der Waals surface area (Å²) < 4.78 is 5.68. The Kier molecular flexibility index (Phi) is 6.58. The van der Waals surface area contributed by atoms with Gasteiger partial charge in [-0.05, 0) is 56.9 Å². The third kappa shape index (κ3) is 4.84. The van der Waals surface area contributed by atoms with Gasteiger partial charge in [-0.15, -0.1) is 0 Å². The van der Waals surface area contributed by atoms with Crippen molar-refractivity contribution in [3.05, 3.63) is 66.5 Å². The smallest absolute Gasteiger partial charge is 0.138 e. The van der Waals surface area contributed by atoms with Crippen molar-refractivity contribution in [1.29, 1.82) is 0 Å². The number of fused-ring (bicyclic) bond motifs is 1. The number of hydrogen-bond donors (Lipinski definition) is 2. The Hall–Kier alpha value is -3.16. The van der Waals surface area contributed by atoms with Gasteiger partial charge in [0.05, 0.1) is 0 Å². The second kappa shape index (κ2) is 9.54. The van der Waals surface area contributed by atoms with E-state index in [2.05, 4.69) is 58.3 Å². The highest BCUT2D eigenvalue weighted by atomic mass is 16.5. The highest BCUT2D eigenvalue weighted by molar-refractivity contribution is 5.72. The molecule has 0 bridgehead atoms. The standard InChI is InChI=1S/C25H31N5O2/c1-17-18(2)30(23-8-6-5-7-22(17)23)25-13-24(26-16-27-25)28-19-9-11-21(12-10-19)32-15-20(31)14-29(3)4/h5-13,16-18,20,31H,14-15H2,1-4H3,(H,26,27,28). The van der Waals surface area contributed by atoms with Crippen LogP contribution in [0.2, 0.25) is 0 Å². The van der Waals surface area contributed by atoms with Crippen LogP contribution >= 0.6 is 0 Å². The van der Waals surface area contributed by atoms with E-state index in [4.69, 9.17) is 4.74 Å². The molecule has 7 heteroatoms. The van der Waals surface area contributed by atoms with Crippen LogP contribution in [0.15, 0.2) is 60.9 Å². The minimum absolute atomic E-state index is 0.258. The third-order valence-electron chi connectivity index (χ3n) is 5.86. The van der Waals surface area contributed by atoms with Gasteiger partial charge in [0.15, 0.2) is 0 Å². The highest BCUT2D eigenvalue weighted by Crippen LogP contribution is 2.44. The monoisotopic (exact) mass is 433 g/mol. The van der Waals surface area contributed by atoms with Gasteiger partial charge in [-0.3, -0.25) is 0 Å². The molecule has 0 saturated carbocycles. The van der Waals surface area contributed by atoms with Crippen molar-refractivity contribution in [2.45, 2.75) is 31.9 Å². The number of para-hydroxylation sites is 1. The second-order valence-corrected chi connectivity index (χ2v) is 8.60. The summed E-state index contributed by atoms with van der Waals surface area (Å²) in [6.07, 6.45) is 1.07.